The molecule has 0 saturated heterocycles. The zero-order chi connectivity index (χ0) is 32.7. The number of hydrogen-bond acceptors (Lipinski definition) is 6. The molecule has 1 aliphatic carbocycles. The molecule has 1 aromatic heterocycles. The van der Waals surface area contributed by atoms with Crippen molar-refractivity contribution in [1.82, 2.24) is 10.2 Å². The summed E-state index contributed by atoms with van der Waals surface area (Å²) in [6.45, 7) is 9.05. The number of amides is 2. The topological polar surface area (TPSA) is 102 Å². The summed E-state index contributed by atoms with van der Waals surface area (Å²) in [6.07, 6.45) is 17.5. The van der Waals surface area contributed by atoms with E-state index in [9.17, 15) is 14.4 Å². The molecule has 0 spiro atoms. The van der Waals surface area contributed by atoms with Crippen LogP contribution in [0.1, 0.15) is 127 Å². The van der Waals surface area contributed by atoms with E-state index < -0.39 is 0 Å². The maximum atomic E-state index is 11.7. The quantitative estimate of drug-likeness (QED) is 0.0824. The minimum absolute atomic E-state index is 0.149. The van der Waals surface area contributed by atoms with Gasteiger partial charge in [-0.2, -0.15) is 0 Å². The van der Waals surface area contributed by atoms with Gasteiger partial charge in [0.2, 0.25) is 11.8 Å². The van der Waals surface area contributed by atoms with Crippen molar-refractivity contribution in [3.63, 3.8) is 0 Å². The molecule has 3 N–H and O–H groups in total. The van der Waals surface area contributed by atoms with Gasteiger partial charge in [-0.25, -0.2) is 0 Å². The molecule has 1 aromatic carbocycles. The first-order valence-corrected chi connectivity index (χ1v) is 18.4. The molecule has 0 fully saturated rings. The number of unbranched alkanes of at least 4 members (excludes halogenated alkanes) is 8. The smallest absolute Gasteiger partial charge is 0.310 e. The van der Waals surface area contributed by atoms with Crippen molar-refractivity contribution < 1.29 is 19.1 Å². The van der Waals surface area contributed by atoms with E-state index in [0.717, 1.165) is 76.8 Å². The Morgan fingerprint density at radius 1 is 0.911 bits per heavy atom. The van der Waals surface area contributed by atoms with E-state index in [1.165, 1.54) is 54.5 Å². The van der Waals surface area contributed by atoms with Crippen LogP contribution < -0.4 is 15.8 Å². The van der Waals surface area contributed by atoms with Crippen LogP contribution in [-0.2, 0) is 33.6 Å². The number of esters is 1. The van der Waals surface area contributed by atoms with Crippen molar-refractivity contribution in [2.45, 2.75) is 136 Å². The number of carbonyl (C=O) groups excluding carboxylic acids is 3. The number of primary amides is 1. The third-order valence-corrected chi connectivity index (χ3v) is 9.32. The van der Waals surface area contributed by atoms with Crippen LogP contribution in [0, 0.1) is 0 Å². The summed E-state index contributed by atoms with van der Waals surface area (Å²) in [5, 5.41) is 4.97. The van der Waals surface area contributed by atoms with E-state index in [1.807, 2.05) is 37.3 Å². The van der Waals surface area contributed by atoms with E-state index in [-0.39, 0.29) is 17.8 Å². The molecule has 1 aliphatic rings. The van der Waals surface area contributed by atoms with E-state index in [4.69, 9.17) is 10.5 Å². The van der Waals surface area contributed by atoms with Crippen LogP contribution in [0.5, 0.6) is 5.75 Å². The Morgan fingerprint density at radius 3 is 2.20 bits per heavy atom. The highest BCUT2D eigenvalue weighted by molar-refractivity contribution is 7.09. The summed E-state index contributed by atoms with van der Waals surface area (Å²) in [5.74, 6) is 0.613. The second-order valence-corrected chi connectivity index (χ2v) is 13.1. The fourth-order valence-corrected chi connectivity index (χ4v) is 6.63. The molecule has 7 nitrogen and oxygen atoms in total. The number of fused-ring (bicyclic) bond motifs is 1. The number of ether oxygens (including phenoxy) is 1. The van der Waals surface area contributed by atoms with Crippen LogP contribution in [0.4, 0.5) is 0 Å². The van der Waals surface area contributed by atoms with Gasteiger partial charge in [0.15, 0.2) is 0 Å². The molecule has 0 bridgehead atoms. The number of thiophene rings is 1. The largest absolute Gasteiger partial charge is 0.426 e. The molecule has 252 valence electrons. The van der Waals surface area contributed by atoms with Crippen LogP contribution >= 0.6 is 11.3 Å². The molecular weight excluding hydrogens is 582 g/mol. The third kappa shape index (κ3) is 16.4. The van der Waals surface area contributed by atoms with Crippen LogP contribution in [0.2, 0.25) is 0 Å². The predicted octanol–water partition coefficient (Wildman–Crippen LogP) is 7.77. The second-order valence-electron chi connectivity index (χ2n) is 12.1. The Balaban J connectivity index is 0.000000332. The van der Waals surface area contributed by atoms with Gasteiger partial charge in [0, 0.05) is 43.3 Å². The van der Waals surface area contributed by atoms with Crippen LogP contribution in [0.25, 0.3) is 0 Å². The van der Waals surface area contributed by atoms with Gasteiger partial charge in [-0.15, -0.1) is 11.3 Å². The number of carbonyl (C=O) groups is 3. The van der Waals surface area contributed by atoms with Gasteiger partial charge in [0.25, 0.3) is 0 Å². The molecular formula is C37H59N3O4S. The summed E-state index contributed by atoms with van der Waals surface area (Å²) >= 11 is 1.85. The average Bonchev–Trinajstić information content (AvgIpc) is 3.56. The lowest BCUT2D eigenvalue weighted by Crippen LogP contribution is -2.41. The molecule has 2 aromatic rings. The predicted molar refractivity (Wildman–Crippen MR) is 187 cm³/mol. The van der Waals surface area contributed by atoms with Gasteiger partial charge in [0.1, 0.15) is 5.75 Å². The highest BCUT2D eigenvalue weighted by Gasteiger charge is 2.26. The number of nitrogens with one attached hydrogen (secondary N) is 1. The summed E-state index contributed by atoms with van der Waals surface area (Å²) in [4.78, 5) is 37.5. The SMILES string of the molecule is CCCN(CCc1cccs1)[C@@H]1CCc2c(cccc2OC(=O)CC)C1.CCNC(=O)CCCCCCCCCCCC(N)=O. The summed E-state index contributed by atoms with van der Waals surface area (Å²) in [6, 6.07) is 11.1. The summed E-state index contributed by atoms with van der Waals surface area (Å²) in [7, 11) is 0. The Hall–Kier alpha value is -2.71. The zero-order valence-electron chi connectivity index (χ0n) is 28.2. The van der Waals surface area contributed by atoms with E-state index in [0.29, 0.717) is 25.3 Å². The number of hydrogen-bond donors (Lipinski definition) is 2. The minimum atomic E-state index is -0.188. The van der Waals surface area contributed by atoms with Crippen molar-refractivity contribution in [3.8, 4) is 5.75 Å². The standard InChI is InChI=1S/C22H29NO2S.C15H30N2O2/c1-3-13-23(14-12-19-8-6-15-26-19)18-10-11-20-17(16-18)7-5-9-21(20)25-22(24)4-2;1-2-17-15(19)13-11-9-7-5-3-4-6-8-10-12-14(16)18/h5-9,15,18H,3-4,10-14,16H2,1-2H3;2-13H2,1H3,(H2,16,18)(H,17,19)/t18-;/m1./s1. The highest BCUT2D eigenvalue weighted by atomic mass is 32.1. The van der Waals surface area contributed by atoms with Gasteiger partial charge >= 0.3 is 5.97 Å². The second kappa shape index (κ2) is 23.6. The first-order valence-electron chi connectivity index (χ1n) is 17.5. The van der Waals surface area contributed by atoms with Gasteiger partial charge in [-0.3, -0.25) is 19.3 Å². The Morgan fingerprint density at radius 2 is 1.60 bits per heavy atom. The van der Waals surface area contributed by atoms with E-state index >= 15 is 0 Å². The zero-order valence-corrected chi connectivity index (χ0v) is 29.1. The maximum absolute atomic E-state index is 11.7. The van der Waals surface area contributed by atoms with E-state index in [1.54, 1.807) is 0 Å². The number of rotatable bonds is 21. The number of nitrogens with two attached hydrogens (primary N) is 1. The van der Waals surface area contributed by atoms with Gasteiger partial charge in [0.05, 0.1) is 0 Å². The Kier molecular flexibility index (Phi) is 20.2. The number of benzene rings is 1. The molecule has 0 aliphatic heterocycles. The first kappa shape index (κ1) is 38.5. The molecule has 0 unspecified atom stereocenters. The van der Waals surface area contributed by atoms with Crippen molar-refractivity contribution in [3.05, 3.63) is 51.7 Å². The lowest BCUT2D eigenvalue weighted by Gasteiger charge is -2.35. The van der Waals surface area contributed by atoms with Crippen LogP contribution in [-0.4, -0.2) is 48.4 Å². The first-order chi connectivity index (χ1) is 21.9. The fourth-order valence-electron chi connectivity index (χ4n) is 5.94. The monoisotopic (exact) mass is 641 g/mol. The van der Waals surface area contributed by atoms with Crippen molar-refractivity contribution in [1.29, 1.82) is 0 Å². The fraction of sp³-hybridized carbons (Fsp3) is 0.649. The lowest BCUT2D eigenvalue weighted by molar-refractivity contribution is -0.134. The third-order valence-electron chi connectivity index (χ3n) is 8.38. The van der Waals surface area contributed by atoms with Gasteiger partial charge < -0.3 is 15.8 Å². The van der Waals surface area contributed by atoms with Crippen LogP contribution in [0.3, 0.4) is 0 Å². The molecule has 45 heavy (non-hydrogen) atoms. The van der Waals surface area contributed by atoms with Crippen LogP contribution in [0.15, 0.2) is 35.7 Å². The summed E-state index contributed by atoms with van der Waals surface area (Å²) in [5.41, 5.74) is 7.66. The Bertz CT molecular complexity index is 1110. The molecule has 8 heteroatoms. The van der Waals surface area contributed by atoms with Crippen molar-refractivity contribution in [2.24, 2.45) is 5.73 Å². The Labute approximate surface area is 276 Å². The molecule has 3 rings (SSSR count). The molecule has 1 atom stereocenters. The van der Waals surface area contributed by atoms with E-state index in [2.05, 4.69) is 40.7 Å². The lowest BCUT2D eigenvalue weighted by atomic mass is 9.86. The molecule has 1 heterocycles. The molecule has 2 amide bonds. The number of nitrogens with zero attached hydrogens (tertiary/aromatic N) is 1. The molecule has 0 radical (unpaired) electrons. The maximum Gasteiger partial charge on any atom is 0.310 e. The summed E-state index contributed by atoms with van der Waals surface area (Å²) < 4.78 is 5.55. The minimum Gasteiger partial charge on any atom is -0.426 e. The van der Waals surface area contributed by atoms with Crippen molar-refractivity contribution in [2.75, 3.05) is 19.6 Å². The van der Waals surface area contributed by atoms with Gasteiger partial charge in [-0.05, 0) is 87.1 Å². The van der Waals surface area contributed by atoms with Crippen molar-refractivity contribution >= 4 is 29.1 Å². The average molecular weight is 642 g/mol. The normalized spacial score (nSPS) is 13.9. The van der Waals surface area contributed by atoms with Gasteiger partial charge in [-0.1, -0.05) is 77.0 Å². The molecule has 0 saturated carbocycles. The highest BCUT2D eigenvalue weighted by Crippen LogP contribution is 2.32.